The van der Waals surface area contributed by atoms with Crippen LogP contribution in [0.1, 0.15) is 219 Å². The Kier molecular flexibility index (Phi) is 34.9. The van der Waals surface area contributed by atoms with E-state index >= 15 is 0 Å². The van der Waals surface area contributed by atoms with Crippen LogP contribution < -0.4 is 0 Å². The summed E-state index contributed by atoms with van der Waals surface area (Å²) in [5.41, 5.74) is -1.51. The van der Waals surface area contributed by atoms with Gasteiger partial charge < -0.3 is 14.6 Å². The highest BCUT2D eigenvalue weighted by atomic mass is 32.3. The summed E-state index contributed by atoms with van der Waals surface area (Å²) in [5.74, 6) is -0.947. The average Bonchev–Trinajstić information content (AvgIpc) is 3.11. The van der Waals surface area contributed by atoms with Crippen LogP contribution in [-0.2, 0) is 33.6 Å². The van der Waals surface area contributed by atoms with E-state index in [1.165, 1.54) is 141 Å². The van der Waals surface area contributed by atoms with Crippen molar-refractivity contribution in [2.75, 3.05) is 26.4 Å². The Morgan fingerprint density at radius 1 is 0.451 bits per heavy atom. The molecule has 0 aromatic rings. The van der Waals surface area contributed by atoms with Gasteiger partial charge in [0.15, 0.2) is 0 Å². The minimum absolute atomic E-state index is 0.206. The molecule has 9 nitrogen and oxygen atoms in total. The third-order valence-electron chi connectivity index (χ3n) is 9.90. The summed E-state index contributed by atoms with van der Waals surface area (Å²) in [6, 6.07) is 0. The molecular weight excluding hydrogens is 669 g/mol. The van der Waals surface area contributed by atoms with Gasteiger partial charge in [0.1, 0.15) is 13.2 Å². The van der Waals surface area contributed by atoms with Crippen molar-refractivity contribution < 1.29 is 41.3 Å². The van der Waals surface area contributed by atoms with Gasteiger partial charge in [0.2, 0.25) is 0 Å². The zero-order chi connectivity index (χ0) is 37.7. The van der Waals surface area contributed by atoms with Crippen molar-refractivity contribution in [2.24, 2.45) is 5.41 Å². The number of aliphatic hydroxyl groups is 1. The first-order valence-corrected chi connectivity index (χ1v) is 22.6. The average molecular weight is 749 g/mol. The summed E-state index contributed by atoms with van der Waals surface area (Å²) in [6.07, 6.45) is 37.2. The van der Waals surface area contributed by atoms with Crippen molar-refractivity contribution in [2.45, 2.75) is 219 Å². The van der Waals surface area contributed by atoms with Gasteiger partial charge in [-0.25, -0.2) is 4.18 Å². The molecule has 0 atom stereocenters. The summed E-state index contributed by atoms with van der Waals surface area (Å²) in [6.45, 7) is 2.34. The summed E-state index contributed by atoms with van der Waals surface area (Å²) >= 11 is 0. The molecule has 0 aromatic carbocycles. The predicted octanol–water partition coefficient (Wildman–Crippen LogP) is 11.4. The van der Waals surface area contributed by atoms with E-state index in [-0.39, 0.29) is 12.8 Å². The summed E-state index contributed by atoms with van der Waals surface area (Å²) < 4.78 is 46.8. The molecule has 0 saturated heterocycles. The fourth-order valence-corrected chi connectivity index (χ4v) is 6.75. The monoisotopic (exact) mass is 749 g/mol. The molecule has 0 fully saturated rings. The second-order valence-electron chi connectivity index (χ2n) is 15.1. The Morgan fingerprint density at radius 3 is 0.941 bits per heavy atom. The zero-order valence-corrected chi connectivity index (χ0v) is 33.9. The maximum Gasteiger partial charge on any atom is 0.397 e. The molecule has 304 valence electrons. The molecule has 10 heteroatoms. The summed E-state index contributed by atoms with van der Waals surface area (Å²) in [5, 5.41) is 10.1. The highest BCUT2D eigenvalue weighted by molar-refractivity contribution is 7.80. The molecule has 0 aromatic heterocycles. The van der Waals surface area contributed by atoms with Gasteiger partial charge in [0.25, 0.3) is 0 Å². The number of carbonyl (C=O) groups excluding carboxylic acids is 2. The first-order chi connectivity index (χ1) is 24.7. The number of rotatable bonds is 40. The van der Waals surface area contributed by atoms with Crippen LogP contribution in [0, 0.1) is 5.41 Å². The predicted molar refractivity (Wildman–Crippen MR) is 208 cm³/mol. The van der Waals surface area contributed by atoms with Gasteiger partial charge in [0.05, 0.1) is 18.6 Å². The molecule has 51 heavy (non-hydrogen) atoms. The topological polar surface area (TPSA) is 136 Å². The second kappa shape index (κ2) is 35.8. The third kappa shape index (κ3) is 35.6. The Labute approximate surface area is 314 Å². The molecule has 0 spiro atoms. The van der Waals surface area contributed by atoms with Crippen molar-refractivity contribution in [1.29, 1.82) is 0 Å². The van der Waals surface area contributed by atoms with E-state index in [4.69, 9.17) is 14.0 Å². The molecule has 0 rings (SSSR count). The Hall–Kier alpha value is -1.23. The summed E-state index contributed by atoms with van der Waals surface area (Å²) in [7, 11) is -4.81. The number of aliphatic hydroxyl groups excluding tert-OH is 1. The molecule has 0 bridgehead atoms. The normalized spacial score (nSPS) is 12.0. The highest BCUT2D eigenvalue weighted by Gasteiger charge is 2.36. The van der Waals surface area contributed by atoms with Crippen LogP contribution in [-0.4, -0.2) is 56.4 Å². The van der Waals surface area contributed by atoms with Crippen LogP contribution in [0.15, 0.2) is 0 Å². The van der Waals surface area contributed by atoms with E-state index in [0.29, 0.717) is 12.8 Å². The van der Waals surface area contributed by atoms with Crippen LogP contribution >= 0.6 is 0 Å². The Morgan fingerprint density at radius 2 is 0.706 bits per heavy atom. The third-order valence-corrected chi connectivity index (χ3v) is 10.3. The molecule has 0 saturated carbocycles. The number of carbonyl (C=O) groups is 2. The Bertz CT molecular complexity index is 844. The summed E-state index contributed by atoms with van der Waals surface area (Å²) in [4.78, 5) is 24.9. The fourth-order valence-electron chi connectivity index (χ4n) is 6.35. The minimum Gasteiger partial charge on any atom is -0.465 e. The molecule has 2 N–H and O–H groups in total. The van der Waals surface area contributed by atoms with Crippen LogP contribution in [0.4, 0.5) is 0 Å². The maximum absolute atomic E-state index is 12.4. The van der Waals surface area contributed by atoms with E-state index in [2.05, 4.69) is 18.0 Å². The first kappa shape index (κ1) is 49.8. The van der Waals surface area contributed by atoms with Crippen LogP contribution in [0.25, 0.3) is 0 Å². The van der Waals surface area contributed by atoms with Gasteiger partial charge in [-0.3, -0.25) is 14.1 Å². The molecule has 0 aliphatic carbocycles. The first-order valence-electron chi connectivity index (χ1n) is 21.2. The molecule has 0 aliphatic heterocycles. The van der Waals surface area contributed by atoms with Crippen molar-refractivity contribution >= 4 is 22.3 Å². The lowest BCUT2D eigenvalue weighted by molar-refractivity contribution is -0.158. The molecule has 0 aliphatic rings. The molecular formula is C41H80O9S. The van der Waals surface area contributed by atoms with E-state index < -0.39 is 54.2 Å². The molecule has 0 radical (unpaired) electrons. The number of ether oxygens (including phenoxy) is 2. The van der Waals surface area contributed by atoms with Crippen molar-refractivity contribution in [3.8, 4) is 0 Å². The minimum atomic E-state index is -4.81. The van der Waals surface area contributed by atoms with Crippen LogP contribution in [0.2, 0.25) is 0 Å². The zero-order valence-electron chi connectivity index (χ0n) is 33.1. The lowest BCUT2D eigenvalue weighted by Crippen LogP contribution is -2.42. The standard InChI is InChI=1S/C41H80O9S/c1-3-5-7-9-11-13-15-17-19-21-23-25-27-29-31-33-39(43)48-36-41(35-42,38-50-51(45,46)47)37-49-40(44)34-32-30-28-26-24-22-20-18-16-14-12-10-8-6-4-2/h42H,3-38H2,1-2H3,(H,45,46,47). The maximum atomic E-state index is 12.4. The second-order valence-corrected chi connectivity index (χ2v) is 16.2. The van der Waals surface area contributed by atoms with Gasteiger partial charge >= 0.3 is 22.3 Å². The van der Waals surface area contributed by atoms with Crippen LogP contribution in [0.3, 0.4) is 0 Å². The van der Waals surface area contributed by atoms with Gasteiger partial charge in [-0.15, -0.1) is 0 Å². The van der Waals surface area contributed by atoms with Gasteiger partial charge in [-0.2, -0.15) is 8.42 Å². The van der Waals surface area contributed by atoms with E-state index in [9.17, 15) is 23.1 Å². The van der Waals surface area contributed by atoms with Gasteiger partial charge in [0, 0.05) is 12.8 Å². The largest absolute Gasteiger partial charge is 0.465 e. The fraction of sp³-hybridized carbons (Fsp3) is 0.951. The van der Waals surface area contributed by atoms with Crippen molar-refractivity contribution in [3.63, 3.8) is 0 Å². The van der Waals surface area contributed by atoms with Crippen molar-refractivity contribution in [3.05, 3.63) is 0 Å². The molecule has 0 heterocycles. The van der Waals surface area contributed by atoms with E-state index in [1.807, 2.05) is 0 Å². The molecule has 0 amide bonds. The number of hydrogen-bond donors (Lipinski definition) is 2. The number of esters is 2. The van der Waals surface area contributed by atoms with Crippen molar-refractivity contribution in [1.82, 2.24) is 0 Å². The lowest BCUT2D eigenvalue weighted by atomic mass is 9.92. The quantitative estimate of drug-likeness (QED) is 0.0356. The van der Waals surface area contributed by atoms with Gasteiger partial charge in [-0.05, 0) is 12.8 Å². The van der Waals surface area contributed by atoms with Gasteiger partial charge in [-0.1, -0.05) is 194 Å². The van der Waals surface area contributed by atoms with E-state index in [0.717, 1.165) is 38.5 Å². The smallest absolute Gasteiger partial charge is 0.397 e. The van der Waals surface area contributed by atoms with E-state index in [1.54, 1.807) is 0 Å². The lowest BCUT2D eigenvalue weighted by Gasteiger charge is -2.29. The number of hydrogen-bond acceptors (Lipinski definition) is 8. The number of unbranched alkanes of at least 4 members (excludes halogenated alkanes) is 28. The SMILES string of the molecule is CCCCCCCCCCCCCCCCCC(=O)OCC(CO)(COC(=O)CCCCCCCCCCCCCCCCC)COS(=O)(=O)O. The molecule has 0 unspecified atom stereocenters. The van der Waals surface area contributed by atoms with Crippen LogP contribution in [0.5, 0.6) is 0 Å². The Balaban J connectivity index is 4.12. The highest BCUT2D eigenvalue weighted by Crippen LogP contribution is 2.22.